The zero-order chi connectivity index (χ0) is 11.3. The van der Waals surface area contributed by atoms with Crippen molar-refractivity contribution in [3.63, 3.8) is 0 Å². The van der Waals surface area contributed by atoms with Gasteiger partial charge in [-0.2, -0.15) is 0 Å². The minimum absolute atomic E-state index is 0.827. The first-order valence-electron chi connectivity index (χ1n) is 5.88. The first-order valence-corrected chi connectivity index (χ1v) is 9.24. The van der Waals surface area contributed by atoms with Gasteiger partial charge in [0.05, 0.1) is 0 Å². The van der Waals surface area contributed by atoms with Gasteiger partial charge in [0.2, 0.25) is 0 Å². The van der Waals surface area contributed by atoms with E-state index in [9.17, 15) is 0 Å². The minimum Gasteiger partial charge on any atom is -0.0843 e. The molecular weight excluding hydrogens is 315 g/mol. The number of rotatable bonds is 3. The van der Waals surface area contributed by atoms with Crippen LogP contribution in [0.3, 0.4) is 0 Å². The van der Waals surface area contributed by atoms with Gasteiger partial charge in [-0.25, -0.2) is 0 Å². The third kappa shape index (κ3) is 3.81. The van der Waals surface area contributed by atoms with Crippen LogP contribution in [0.25, 0.3) is 0 Å². The van der Waals surface area contributed by atoms with Crippen molar-refractivity contribution in [1.29, 1.82) is 0 Å². The van der Waals surface area contributed by atoms with Gasteiger partial charge >= 0.3 is 0 Å². The van der Waals surface area contributed by atoms with Crippen molar-refractivity contribution in [2.75, 3.05) is 0 Å². The van der Waals surface area contributed by atoms with Crippen molar-refractivity contribution in [3.8, 4) is 0 Å². The van der Waals surface area contributed by atoms with E-state index >= 15 is 0 Å². The Morgan fingerprint density at radius 3 is 2.80 bits per heavy atom. The molecule has 0 aromatic carbocycles. The summed E-state index contributed by atoms with van der Waals surface area (Å²) in [5, 5.41) is 0. The van der Waals surface area contributed by atoms with Crippen molar-refractivity contribution in [3.05, 3.63) is 22.6 Å². The van der Waals surface area contributed by atoms with Gasteiger partial charge in [-0.3, -0.25) is 0 Å². The molecule has 0 aromatic heterocycles. The first kappa shape index (κ1) is 13.6. The maximum atomic E-state index is 4.15. The van der Waals surface area contributed by atoms with E-state index in [1.807, 2.05) is 0 Å². The van der Waals surface area contributed by atoms with Crippen LogP contribution in [0.1, 0.15) is 52.4 Å². The summed E-state index contributed by atoms with van der Waals surface area (Å²) < 4.78 is 0. The third-order valence-electron chi connectivity index (χ3n) is 3.48. The second-order valence-electron chi connectivity index (χ2n) is 4.36. The lowest BCUT2D eigenvalue weighted by molar-refractivity contribution is 0.530. The predicted octanol–water partition coefficient (Wildman–Crippen LogP) is 5.89. The molecule has 1 saturated carbocycles. The summed E-state index contributed by atoms with van der Waals surface area (Å²) in [5.41, 5.74) is 3.17. The summed E-state index contributed by atoms with van der Waals surface area (Å²) in [7, 11) is 1.76. The van der Waals surface area contributed by atoms with E-state index in [0.717, 1.165) is 5.92 Å². The first-order chi connectivity index (χ1) is 7.20. The normalized spacial score (nSPS) is 25.9. The zero-order valence-electron chi connectivity index (χ0n) is 9.81. The number of hydrogen-bond donors (Lipinski definition) is 0. The van der Waals surface area contributed by atoms with Gasteiger partial charge in [-0.05, 0) is 44.1 Å². The topological polar surface area (TPSA) is 0 Å². The minimum atomic E-state index is 0.827. The Morgan fingerprint density at radius 1 is 1.47 bits per heavy atom. The average molecular weight is 336 g/mol. The Kier molecular flexibility index (Phi) is 6.36. The van der Waals surface area contributed by atoms with Gasteiger partial charge in [-0.1, -0.05) is 40.9 Å². The van der Waals surface area contributed by atoms with E-state index in [2.05, 4.69) is 41.6 Å². The molecule has 0 nitrogen and oxygen atoms in total. The lowest BCUT2D eigenvalue weighted by atomic mass is 9.88. The monoisotopic (exact) mass is 336 g/mol. The summed E-state index contributed by atoms with van der Waals surface area (Å²) in [6.45, 7) is 8.73. The van der Waals surface area contributed by atoms with Gasteiger partial charge < -0.3 is 0 Å². The molecule has 0 amide bonds. The van der Waals surface area contributed by atoms with Crippen LogP contribution in [0.15, 0.2) is 22.6 Å². The summed E-state index contributed by atoms with van der Waals surface area (Å²) in [5.74, 6) is 0.827. The highest BCUT2D eigenvalue weighted by Crippen LogP contribution is 2.38. The Balaban J connectivity index is 2.90. The fourth-order valence-corrected chi connectivity index (χ4v) is 3.68. The molecule has 0 spiro atoms. The number of halogens is 1. The van der Waals surface area contributed by atoms with Crippen molar-refractivity contribution in [1.82, 2.24) is 0 Å². The molecule has 0 heterocycles. The molecule has 15 heavy (non-hydrogen) atoms. The number of hydrogen-bond acceptors (Lipinski definition) is 1. The molecule has 0 radical (unpaired) electrons. The fourth-order valence-electron chi connectivity index (χ4n) is 2.44. The van der Waals surface area contributed by atoms with Crippen molar-refractivity contribution < 1.29 is 0 Å². The molecule has 1 fully saturated rings. The van der Waals surface area contributed by atoms with Crippen LogP contribution in [0, 0.1) is 5.92 Å². The van der Waals surface area contributed by atoms with Crippen molar-refractivity contribution in [2.45, 2.75) is 52.4 Å². The zero-order valence-corrected chi connectivity index (χ0v) is 12.8. The largest absolute Gasteiger partial charge is 0.0843 e. The highest BCUT2D eigenvalue weighted by molar-refractivity contribution is 14.2. The van der Waals surface area contributed by atoms with Crippen molar-refractivity contribution >= 4 is 30.1 Å². The molecule has 2 heteroatoms. The van der Waals surface area contributed by atoms with E-state index in [1.165, 1.54) is 49.0 Å². The molecule has 0 aromatic rings. The van der Waals surface area contributed by atoms with Crippen LogP contribution in [0.5, 0.6) is 0 Å². The van der Waals surface area contributed by atoms with Crippen LogP contribution in [0.4, 0.5) is 0 Å². The van der Waals surface area contributed by atoms with Crippen LogP contribution in [0.2, 0.25) is 0 Å². The van der Waals surface area contributed by atoms with Gasteiger partial charge in [0.1, 0.15) is 0 Å². The summed E-state index contributed by atoms with van der Waals surface area (Å²) in [6.07, 6.45) is 8.20. The molecule has 0 bridgehead atoms. The standard InChI is InChI=1S/C13H21IS/c1-4-12-8-6-5-7-9-13(12)10(2)11(3)15-14/h12H,3-9H2,1-2H3/b13-10-. The fraction of sp³-hybridized carbons (Fsp3) is 0.692. The van der Waals surface area contributed by atoms with Gasteiger partial charge in [-0.15, -0.1) is 0 Å². The highest BCUT2D eigenvalue weighted by atomic mass is 127. The predicted molar refractivity (Wildman–Crippen MR) is 80.3 cm³/mol. The Labute approximate surface area is 111 Å². The van der Waals surface area contributed by atoms with Crippen LogP contribution < -0.4 is 0 Å². The quantitative estimate of drug-likeness (QED) is 0.457. The molecular formula is C13H21IS. The maximum Gasteiger partial charge on any atom is 0.0135 e. The number of allylic oxidation sites excluding steroid dienone is 2. The van der Waals surface area contributed by atoms with E-state index in [1.54, 1.807) is 14.5 Å². The smallest absolute Gasteiger partial charge is 0.0135 e. The molecule has 0 aliphatic heterocycles. The van der Waals surface area contributed by atoms with E-state index in [-0.39, 0.29) is 0 Å². The lowest BCUT2D eigenvalue weighted by Crippen LogP contribution is -2.03. The molecule has 1 aliphatic carbocycles. The summed E-state index contributed by atoms with van der Waals surface area (Å²) in [4.78, 5) is 1.26. The van der Waals surface area contributed by atoms with Crippen LogP contribution in [-0.4, -0.2) is 0 Å². The molecule has 0 N–H and O–H groups in total. The van der Waals surface area contributed by atoms with Gasteiger partial charge in [0, 0.05) is 26.1 Å². The molecule has 0 saturated heterocycles. The van der Waals surface area contributed by atoms with Gasteiger partial charge in [0.25, 0.3) is 0 Å². The van der Waals surface area contributed by atoms with E-state index in [4.69, 9.17) is 0 Å². The average Bonchev–Trinajstić information content (AvgIpc) is 2.51. The Morgan fingerprint density at radius 2 is 2.20 bits per heavy atom. The molecule has 1 unspecified atom stereocenters. The van der Waals surface area contributed by atoms with Crippen molar-refractivity contribution in [2.24, 2.45) is 5.92 Å². The second-order valence-corrected chi connectivity index (χ2v) is 6.32. The highest BCUT2D eigenvalue weighted by Gasteiger charge is 2.18. The Bertz CT molecular complexity index is 255. The SMILES string of the molecule is C=C(SI)/C(C)=C1/CCCCCC1CC. The van der Waals surface area contributed by atoms with Gasteiger partial charge in [0.15, 0.2) is 0 Å². The summed E-state index contributed by atoms with van der Waals surface area (Å²) in [6, 6.07) is 0. The molecule has 1 atom stereocenters. The Hall–Kier alpha value is 0.560. The van der Waals surface area contributed by atoms with E-state index in [0.29, 0.717) is 0 Å². The van der Waals surface area contributed by atoms with Crippen LogP contribution >= 0.6 is 30.1 Å². The van der Waals surface area contributed by atoms with E-state index < -0.39 is 0 Å². The molecule has 86 valence electrons. The second kappa shape index (κ2) is 7.00. The van der Waals surface area contributed by atoms with Crippen LogP contribution in [-0.2, 0) is 0 Å². The lowest BCUT2D eigenvalue weighted by Gasteiger charge is -2.19. The maximum absolute atomic E-state index is 4.15. The molecule has 1 rings (SSSR count). The molecule has 1 aliphatic rings. The third-order valence-corrected chi connectivity index (χ3v) is 5.56. The summed E-state index contributed by atoms with van der Waals surface area (Å²) >= 11 is 2.34.